The number of rotatable bonds is 5. The van der Waals surface area contributed by atoms with Gasteiger partial charge in [-0.15, -0.1) is 18.3 Å². The standard InChI is InChI=1S/C25H23ClN2O3S/c1-4-11-27-25(30)24-19-14-22(17-7-5-6-8-21(17)31-3)32-23-13-16(26)9-10-18(23)28(19)15(2)12-20(24)29/h4-10,12-13,22H,1,11,14H2,2-3H3,(H,27,30). The molecule has 1 aliphatic rings. The number of para-hydroxylation sites is 1. The first-order valence-corrected chi connectivity index (χ1v) is 11.4. The van der Waals surface area contributed by atoms with E-state index in [1.54, 1.807) is 24.9 Å². The Morgan fingerprint density at radius 1 is 1.31 bits per heavy atom. The van der Waals surface area contributed by atoms with Crippen LogP contribution in [0.5, 0.6) is 5.75 Å². The van der Waals surface area contributed by atoms with Crippen LogP contribution >= 0.6 is 23.4 Å². The van der Waals surface area contributed by atoms with Crippen LogP contribution in [0.25, 0.3) is 5.69 Å². The molecule has 1 aromatic heterocycles. The van der Waals surface area contributed by atoms with Crippen LogP contribution < -0.4 is 15.5 Å². The van der Waals surface area contributed by atoms with Crippen molar-refractivity contribution >= 4 is 29.3 Å². The highest BCUT2D eigenvalue weighted by atomic mass is 35.5. The molecule has 2 heterocycles. The van der Waals surface area contributed by atoms with Gasteiger partial charge < -0.3 is 14.6 Å². The van der Waals surface area contributed by atoms with E-state index in [0.717, 1.165) is 27.6 Å². The molecule has 0 fully saturated rings. The van der Waals surface area contributed by atoms with Gasteiger partial charge in [-0.05, 0) is 31.2 Å². The number of hydrogen-bond acceptors (Lipinski definition) is 4. The SMILES string of the molecule is C=CCNC(=O)c1c2n(c(C)cc1=O)-c1ccc(Cl)cc1SC(c1ccccc1OC)C2. The molecule has 5 nitrogen and oxygen atoms in total. The van der Waals surface area contributed by atoms with Crippen molar-refractivity contribution in [3.05, 3.63) is 98.9 Å². The molecule has 0 bridgehead atoms. The maximum absolute atomic E-state index is 13.0. The van der Waals surface area contributed by atoms with Gasteiger partial charge in [0, 0.05) is 51.2 Å². The third-order valence-electron chi connectivity index (χ3n) is 5.43. The van der Waals surface area contributed by atoms with Gasteiger partial charge in [0.1, 0.15) is 11.3 Å². The number of methoxy groups -OCH3 is 1. The van der Waals surface area contributed by atoms with E-state index in [-0.39, 0.29) is 22.8 Å². The number of thioether (sulfide) groups is 1. The zero-order valence-electron chi connectivity index (χ0n) is 17.9. The molecule has 1 aliphatic heterocycles. The van der Waals surface area contributed by atoms with E-state index in [0.29, 0.717) is 17.1 Å². The van der Waals surface area contributed by atoms with Crippen LogP contribution in [0, 0.1) is 6.92 Å². The first-order chi connectivity index (χ1) is 15.4. The summed E-state index contributed by atoms with van der Waals surface area (Å²) in [6.45, 7) is 5.80. The minimum absolute atomic E-state index is 0.0933. The molecule has 1 unspecified atom stereocenters. The quantitative estimate of drug-likeness (QED) is 0.530. The van der Waals surface area contributed by atoms with Crippen LogP contribution in [-0.4, -0.2) is 24.1 Å². The topological polar surface area (TPSA) is 60.3 Å². The summed E-state index contributed by atoms with van der Waals surface area (Å²) in [4.78, 5) is 27.0. The molecule has 0 saturated heterocycles. The molecule has 32 heavy (non-hydrogen) atoms. The van der Waals surface area contributed by atoms with Gasteiger partial charge in [0.15, 0.2) is 5.43 Å². The summed E-state index contributed by atoms with van der Waals surface area (Å²) in [5, 5.41) is 3.30. The van der Waals surface area contributed by atoms with Gasteiger partial charge in [0.25, 0.3) is 5.91 Å². The fourth-order valence-electron chi connectivity index (χ4n) is 4.06. The van der Waals surface area contributed by atoms with E-state index >= 15 is 0 Å². The van der Waals surface area contributed by atoms with Crippen molar-refractivity contribution in [2.75, 3.05) is 13.7 Å². The average Bonchev–Trinajstić information content (AvgIpc) is 2.94. The van der Waals surface area contributed by atoms with E-state index in [1.165, 1.54) is 6.07 Å². The lowest BCUT2D eigenvalue weighted by molar-refractivity contribution is 0.0955. The van der Waals surface area contributed by atoms with Crippen molar-refractivity contribution in [3.8, 4) is 11.4 Å². The molecule has 0 radical (unpaired) electrons. The number of amides is 1. The molecule has 0 saturated carbocycles. The Morgan fingerprint density at radius 3 is 2.84 bits per heavy atom. The van der Waals surface area contributed by atoms with Gasteiger partial charge in [-0.2, -0.15) is 0 Å². The predicted octanol–water partition coefficient (Wildman–Crippen LogP) is 5.11. The lowest BCUT2D eigenvalue weighted by Crippen LogP contribution is -2.32. The lowest BCUT2D eigenvalue weighted by Gasteiger charge is -2.20. The van der Waals surface area contributed by atoms with Crippen LogP contribution in [0.3, 0.4) is 0 Å². The van der Waals surface area contributed by atoms with Gasteiger partial charge in [-0.25, -0.2) is 0 Å². The number of aromatic nitrogens is 1. The molecule has 1 N–H and O–H groups in total. The van der Waals surface area contributed by atoms with E-state index in [9.17, 15) is 9.59 Å². The largest absolute Gasteiger partial charge is 0.496 e. The number of halogens is 1. The lowest BCUT2D eigenvalue weighted by atomic mass is 10.0. The first-order valence-electron chi connectivity index (χ1n) is 10.2. The number of fused-ring (bicyclic) bond motifs is 3. The van der Waals surface area contributed by atoms with Gasteiger partial charge in [-0.3, -0.25) is 9.59 Å². The molecule has 4 rings (SSSR count). The number of aryl methyl sites for hydroxylation is 1. The highest BCUT2D eigenvalue weighted by Gasteiger charge is 2.30. The van der Waals surface area contributed by atoms with Crippen molar-refractivity contribution in [1.29, 1.82) is 0 Å². The van der Waals surface area contributed by atoms with Gasteiger partial charge in [0.05, 0.1) is 12.8 Å². The second kappa shape index (κ2) is 9.27. The number of pyridine rings is 1. The smallest absolute Gasteiger partial charge is 0.257 e. The second-order valence-corrected chi connectivity index (χ2v) is 9.15. The molecular formula is C25H23ClN2O3S. The molecule has 3 aromatic rings. The van der Waals surface area contributed by atoms with E-state index in [1.807, 2.05) is 54.0 Å². The Balaban J connectivity index is 2.00. The van der Waals surface area contributed by atoms with Gasteiger partial charge in [-0.1, -0.05) is 35.9 Å². The van der Waals surface area contributed by atoms with Crippen molar-refractivity contribution in [3.63, 3.8) is 0 Å². The number of benzene rings is 2. The number of carbonyl (C=O) groups excluding carboxylic acids is 1. The van der Waals surface area contributed by atoms with E-state index in [4.69, 9.17) is 16.3 Å². The fraction of sp³-hybridized carbons (Fsp3) is 0.200. The van der Waals surface area contributed by atoms with Crippen molar-refractivity contribution in [1.82, 2.24) is 9.88 Å². The summed E-state index contributed by atoms with van der Waals surface area (Å²) < 4.78 is 7.62. The van der Waals surface area contributed by atoms with Crippen LogP contribution in [0.2, 0.25) is 5.02 Å². The summed E-state index contributed by atoms with van der Waals surface area (Å²) in [6.07, 6.45) is 2.05. The van der Waals surface area contributed by atoms with Crippen LogP contribution in [0.4, 0.5) is 0 Å². The van der Waals surface area contributed by atoms with E-state index in [2.05, 4.69) is 11.9 Å². The molecular weight excluding hydrogens is 444 g/mol. The molecule has 1 atom stereocenters. The highest BCUT2D eigenvalue weighted by molar-refractivity contribution is 7.99. The van der Waals surface area contributed by atoms with Gasteiger partial charge in [0.2, 0.25) is 0 Å². The zero-order chi connectivity index (χ0) is 22.8. The van der Waals surface area contributed by atoms with Crippen LogP contribution in [-0.2, 0) is 6.42 Å². The molecule has 2 aromatic carbocycles. The summed E-state index contributed by atoms with van der Waals surface area (Å²) in [6, 6.07) is 15.0. The second-order valence-electron chi connectivity index (χ2n) is 7.47. The maximum atomic E-state index is 13.0. The Hall–Kier alpha value is -2.96. The molecule has 0 spiro atoms. The molecule has 1 amide bonds. The predicted molar refractivity (Wildman–Crippen MR) is 130 cm³/mol. The summed E-state index contributed by atoms with van der Waals surface area (Å²) in [5.41, 5.74) is 3.17. The number of carbonyl (C=O) groups is 1. The van der Waals surface area contributed by atoms with Crippen LogP contribution in [0.1, 0.15) is 32.6 Å². The third-order valence-corrected chi connectivity index (χ3v) is 6.95. The summed E-state index contributed by atoms with van der Waals surface area (Å²) >= 11 is 7.99. The normalized spacial score (nSPS) is 14.7. The fourth-order valence-corrected chi connectivity index (χ4v) is 5.64. The Morgan fingerprint density at radius 2 is 2.09 bits per heavy atom. The summed E-state index contributed by atoms with van der Waals surface area (Å²) in [5.74, 6) is 0.356. The Labute approximate surface area is 196 Å². The summed E-state index contributed by atoms with van der Waals surface area (Å²) in [7, 11) is 1.64. The minimum Gasteiger partial charge on any atom is -0.496 e. The minimum atomic E-state index is -0.403. The molecule has 164 valence electrons. The number of hydrogen-bond donors (Lipinski definition) is 1. The third kappa shape index (κ3) is 4.08. The highest BCUT2D eigenvalue weighted by Crippen LogP contribution is 2.47. The van der Waals surface area contributed by atoms with E-state index < -0.39 is 5.91 Å². The first kappa shape index (κ1) is 22.2. The molecule has 7 heteroatoms. The zero-order valence-corrected chi connectivity index (χ0v) is 19.4. The Kier molecular flexibility index (Phi) is 6.44. The maximum Gasteiger partial charge on any atom is 0.257 e. The van der Waals surface area contributed by atoms with Crippen molar-refractivity contribution < 1.29 is 9.53 Å². The Bertz CT molecular complexity index is 1270. The average molecular weight is 467 g/mol. The monoisotopic (exact) mass is 466 g/mol. The van der Waals surface area contributed by atoms with Crippen molar-refractivity contribution in [2.24, 2.45) is 0 Å². The number of ether oxygens (including phenoxy) is 1. The number of nitrogens with zero attached hydrogens (tertiary/aromatic N) is 1. The van der Waals surface area contributed by atoms with Crippen molar-refractivity contribution in [2.45, 2.75) is 23.5 Å². The van der Waals surface area contributed by atoms with Crippen LogP contribution in [0.15, 0.2) is 70.9 Å². The number of nitrogens with one attached hydrogen (secondary N) is 1. The molecule has 0 aliphatic carbocycles. The van der Waals surface area contributed by atoms with Gasteiger partial charge >= 0.3 is 0 Å².